The van der Waals surface area contributed by atoms with Crippen molar-refractivity contribution >= 4 is 12.1 Å². The summed E-state index contributed by atoms with van der Waals surface area (Å²) in [5.41, 5.74) is 2.77. The quantitative estimate of drug-likeness (QED) is 0.609. The largest absolute Gasteiger partial charge is 0.493 e. The maximum Gasteiger partial charge on any atom is 0.412 e. The summed E-state index contributed by atoms with van der Waals surface area (Å²) in [6, 6.07) is 7.38. The highest BCUT2D eigenvalue weighted by Gasteiger charge is 2.48. The monoisotopic (exact) mass is 471 g/mol. The fourth-order valence-corrected chi connectivity index (χ4v) is 4.97. The minimum Gasteiger partial charge on any atom is -0.493 e. The molecule has 0 spiro atoms. The minimum atomic E-state index is -0.756. The van der Waals surface area contributed by atoms with Crippen molar-refractivity contribution in [1.29, 1.82) is 0 Å². The Hall–Kier alpha value is -3.66. The minimum absolute atomic E-state index is 0.0162. The van der Waals surface area contributed by atoms with E-state index in [9.17, 15) is 9.59 Å². The van der Waals surface area contributed by atoms with Crippen molar-refractivity contribution in [2.75, 3.05) is 40.8 Å². The zero-order valence-electron chi connectivity index (χ0n) is 18.8. The molecule has 2 aromatic rings. The third-order valence-electron chi connectivity index (χ3n) is 6.45. The van der Waals surface area contributed by atoms with Crippen molar-refractivity contribution in [2.45, 2.75) is 12.3 Å². The van der Waals surface area contributed by atoms with Crippen molar-refractivity contribution in [2.24, 2.45) is 11.8 Å². The van der Waals surface area contributed by atoms with E-state index < -0.39 is 6.09 Å². The molecule has 34 heavy (non-hydrogen) atoms. The van der Waals surface area contributed by atoms with E-state index in [4.69, 9.17) is 33.5 Å². The molecule has 0 radical (unpaired) electrons. The third kappa shape index (κ3) is 3.73. The predicted molar refractivity (Wildman–Crippen MR) is 117 cm³/mol. The van der Waals surface area contributed by atoms with E-state index in [2.05, 4.69) is 5.32 Å². The van der Waals surface area contributed by atoms with Gasteiger partial charge in [0.25, 0.3) is 0 Å². The molecule has 0 unspecified atom stereocenters. The Morgan fingerprint density at radius 3 is 2.47 bits per heavy atom. The maximum atomic E-state index is 12.8. The van der Waals surface area contributed by atoms with Crippen LogP contribution in [0.25, 0.3) is 0 Å². The van der Waals surface area contributed by atoms with Crippen molar-refractivity contribution in [3.05, 3.63) is 41.0 Å². The van der Waals surface area contributed by atoms with Crippen molar-refractivity contribution in [3.63, 3.8) is 0 Å². The molecule has 10 nitrogen and oxygen atoms in total. The predicted octanol–water partition coefficient (Wildman–Crippen LogP) is 1.99. The van der Waals surface area contributed by atoms with Crippen LogP contribution < -0.4 is 29.0 Å². The van der Waals surface area contributed by atoms with E-state index in [1.54, 1.807) is 12.1 Å². The molecule has 0 bridgehead atoms. The first kappa shape index (κ1) is 22.1. The van der Waals surface area contributed by atoms with Gasteiger partial charge in [-0.15, -0.1) is 0 Å². The number of rotatable bonds is 6. The summed E-state index contributed by atoms with van der Waals surface area (Å²) < 4.78 is 33.1. The van der Waals surface area contributed by atoms with E-state index in [1.165, 1.54) is 14.2 Å². The number of cyclic esters (lactones) is 1. The number of methoxy groups -OCH3 is 2. The number of amides is 1. The topological polar surface area (TPSA) is 122 Å². The van der Waals surface area contributed by atoms with Gasteiger partial charge in [0, 0.05) is 18.4 Å². The lowest BCUT2D eigenvalue weighted by molar-refractivity contribution is -0.141. The summed E-state index contributed by atoms with van der Waals surface area (Å²) in [6.07, 6.45) is -0.0621. The summed E-state index contributed by atoms with van der Waals surface area (Å²) in [6.45, 7) is 0.334. The molecule has 180 valence electrons. The molecule has 2 heterocycles. The van der Waals surface area contributed by atoms with Crippen LogP contribution in [0.5, 0.6) is 28.7 Å². The van der Waals surface area contributed by atoms with Crippen LogP contribution in [0.4, 0.5) is 4.79 Å². The number of ether oxygens (including phenoxy) is 6. The summed E-state index contributed by atoms with van der Waals surface area (Å²) in [5, 5.41) is 11.3. The first-order valence-electron chi connectivity index (χ1n) is 11.0. The number of aliphatic hydroxyl groups is 1. The first-order valence-corrected chi connectivity index (χ1v) is 11.0. The average Bonchev–Trinajstić information content (AvgIpc) is 3.45. The number of benzene rings is 2. The second kappa shape index (κ2) is 8.94. The van der Waals surface area contributed by atoms with Gasteiger partial charge in [0.05, 0.1) is 33.4 Å². The average molecular weight is 471 g/mol. The Kier molecular flexibility index (Phi) is 5.82. The van der Waals surface area contributed by atoms with Gasteiger partial charge in [-0.25, -0.2) is 4.79 Å². The smallest absolute Gasteiger partial charge is 0.412 e. The Morgan fingerprint density at radius 2 is 1.79 bits per heavy atom. The van der Waals surface area contributed by atoms with Crippen LogP contribution >= 0.6 is 0 Å². The van der Waals surface area contributed by atoms with Gasteiger partial charge in [0.1, 0.15) is 0 Å². The summed E-state index contributed by atoms with van der Waals surface area (Å²) in [4.78, 5) is 24.9. The van der Waals surface area contributed by atoms with Crippen LogP contribution in [0.3, 0.4) is 0 Å². The van der Waals surface area contributed by atoms with Crippen LogP contribution in [-0.2, 0) is 16.0 Å². The fourth-order valence-electron chi connectivity index (χ4n) is 4.97. The van der Waals surface area contributed by atoms with Gasteiger partial charge in [0.2, 0.25) is 12.5 Å². The van der Waals surface area contributed by atoms with Crippen molar-refractivity contribution in [3.8, 4) is 28.7 Å². The number of carbonyl (C=O) groups excluding carboxylic acids is 2. The Bertz CT molecular complexity index is 1110. The van der Waals surface area contributed by atoms with E-state index in [1.807, 2.05) is 12.1 Å². The SMILES string of the molecule is COc1cc([C@@H]2c3cc4c(cc3C[C@H]3COC(=O)[C@@H]32)OCO4)cc(OC)c1OC(=O)NCCO. The Labute approximate surface area is 195 Å². The van der Waals surface area contributed by atoms with Crippen LogP contribution in [0.1, 0.15) is 22.6 Å². The van der Waals surface area contributed by atoms with E-state index in [-0.39, 0.29) is 60.9 Å². The van der Waals surface area contributed by atoms with Gasteiger partial charge in [-0.2, -0.15) is 0 Å². The number of esters is 1. The van der Waals surface area contributed by atoms with Gasteiger partial charge < -0.3 is 38.8 Å². The molecule has 0 aromatic heterocycles. The molecule has 1 fully saturated rings. The highest BCUT2D eigenvalue weighted by atomic mass is 16.7. The van der Waals surface area contributed by atoms with Gasteiger partial charge in [-0.05, 0) is 47.4 Å². The Morgan fingerprint density at radius 1 is 1.09 bits per heavy atom. The lowest BCUT2D eigenvalue weighted by atomic mass is 9.67. The Balaban J connectivity index is 1.60. The highest BCUT2D eigenvalue weighted by molar-refractivity contribution is 5.79. The van der Waals surface area contributed by atoms with Crippen LogP contribution in [-0.4, -0.2) is 57.9 Å². The molecule has 0 saturated carbocycles. The third-order valence-corrected chi connectivity index (χ3v) is 6.45. The second-order valence-electron chi connectivity index (χ2n) is 8.30. The van der Waals surface area contributed by atoms with Crippen molar-refractivity contribution < 1.29 is 43.1 Å². The van der Waals surface area contributed by atoms with E-state index >= 15 is 0 Å². The molecule has 2 aliphatic heterocycles. The standard InChI is InChI=1S/C24H25NO9/c1-29-18-7-13(8-19(30-2)22(18)34-24(28)25-3-4-26)20-15-9-17-16(32-11-33-17)6-12(15)5-14-10-31-23(27)21(14)20/h6-9,14,20-21,26H,3-5,10-11H2,1-2H3,(H,25,28)/t14-,20+,21-/m0/s1. The van der Waals surface area contributed by atoms with Gasteiger partial charge >= 0.3 is 12.1 Å². The molecule has 1 aliphatic carbocycles. The maximum absolute atomic E-state index is 12.8. The molecule has 2 aromatic carbocycles. The lowest BCUT2D eigenvalue weighted by Crippen LogP contribution is -2.31. The molecular weight excluding hydrogens is 446 g/mol. The molecule has 3 aliphatic rings. The van der Waals surface area contributed by atoms with Crippen LogP contribution in [0.2, 0.25) is 0 Å². The van der Waals surface area contributed by atoms with E-state index in [0.717, 1.165) is 16.7 Å². The number of hydrogen-bond donors (Lipinski definition) is 2. The first-order chi connectivity index (χ1) is 16.5. The molecule has 3 atom stereocenters. The van der Waals surface area contributed by atoms with Crippen molar-refractivity contribution in [1.82, 2.24) is 5.32 Å². The molecular formula is C24H25NO9. The number of hydrogen-bond acceptors (Lipinski definition) is 9. The van der Waals surface area contributed by atoms with Gasteiger partial charge in [0.15, 0.2) is 23.0 Å². The van der Waals surface area contributed by atoms with Crippen LogP contribution in [0, 0.1) is 11.8 Å². The number of aliphatic hydroxyl groups excluding tert-OH is 1. The zero-order chi connectivity index (χ0) is 23.8. The zero-order valence-corrected chi connectivity index (χ0v) is 18.8. The summed E-state index contributed by atoms with van der Waals surface area (Å²) >= 11 is 0. The molecule has 2 N–H and O–H groups in total. The normalized spacial score (nSPS) is 21.9. The molecule has 10 heteroatoms. The van der Waals surface area contributed by atoms with Gasteiger partial charge in [-0.3, -0.25) is 4.79 Å². The summed E-state index contributed by atoms with van der Waals surface area (Å²) in [5.74, 6) is 0.981. The number of fused-ring (bicyclic) bond motifs is 3. The van der Waals surface area contributed by atoms with Gasteiger partial charge in [-0.1, -0.05) is 0 Å². The number of nitrogens with one attached hydrogen (secondary N) is 1. The molecule has 1 amide bonds. The number of carbonyl (C=O) groups is 2. The lowest BCUT2D eigenvalue weighted by Gasteiger charge is -2.34. The summed E-state index contributed by atoms with van der Waals surface area (Å²) in [7, 11) is 2.91. The van der Waals surface area contributed by atoms with Crippen LogP contribution in [0.15, 0.2) is 24.3 Å². The highest BCUT2D eigenvalue weighted by Crippen LogP contribution is 2.52. The van der Waals surface area contributed by atoms with E-state index in [0.29, 0.717) is 24.5 Å². The molecule has 5 rings (SSSR count). The second-order valence-corrected chi connectivity index (χ2v) is 8.30. The molecule has 1 saturated heterocycles. The fraction of sp³-hybridized carbons (Fsp3) is 0.417.